The predicted molar refractivity (Wildman–Crippen MR) is 83.4 cm³/mol. The lowest BCUT2D eigenvalue weighted by atomic mass is 9.73. The molecule has 0 saturated heterocycles. The van der Waals surface area contributed by atoms with Crippen molar-refractivity contribution in [3.8, 4) is 0 Å². The Kier molecular flexibility index (Phi) is 3.81. The number of hydrogen-bond acceptors (Lipinski definition) is 4. The first-order valence-electron chi connectivity index (χ1n) is 7.91. The van der Waals surface area contributed by atoms with E-state index in [2.05, 4.69) is 17.6 Å². The van der Waals surface area contributed by atoms with Gasteiger partial charge in [0.05, 0.1) is 18.1 Å². The maximum absolute atomic E-state index is 12.3. The molecule has 5 heteroatoms. The van der Waals surface area contributed by atoms with Crippen molar-refractivity contribution in [3.05, 3.63) is 29.8 Å². The molecule has 1 aromatic carbocycles. The highest BCUT2D eigenvalue weighted by atomic mass is 16.5. The molecule has 1 aromatic rings. The third-order valence-electron chi connectivity index (χ3n) is 4.73. The molecule has 1 fully saturated rings. The van der Waals surface area contributed by atoms with Crippen LogP contribution in [-0.4, -0.2) is 24.1 Å². The Morgan fingerprint density at radius 3 is 2.86 bits per heavy atom. The van der Waals surface area contributed by atoms with E-state index in [0.29, 0.717) is 12.2 Å². The summed E-state index contributed by atoms with van der Waals surface area (Å²) < 4.78 is 5.16. The fourth-order valence-electron chi connectivity index (χ4n) is 3.67. The van der Waals surface area contributed by atoms with Crippen molar-refractivity contribution in [1.29, 1.82) is 0 Å². The molecule has 118 valence electrons. The predicted octanol–water partition coefficient (Wildman–Crippen LogP) is 2.54. The van der Waals surface area contributed by atoms with Crippen LogP contribution in [0.4, 0.5) is 5.69 Å². The third-order valence-corrected chi connectivity index (χ3v) is 4.73. The van der Waals surface area contributed by atoms with Gasteiger partial charge in [0.1, 0.15) is 5.66 Å². The normalized spacial score (nSPS) is 30.2. The van der Waals surface area contributed by atoms with E-state index in [-0.39, 0.29) is 23.7 Å². The van der Waals surface area contributed by atoms with Crippen LogP contribution in [-0.2, 0) is 9.53 Å². The lowest BCUT2D eigenvalue weighted by Crippen LogP contribution is -2.60. The van der Waals surface area contributed by atoms with Crippen LogP contribution < -0.4 is 10.6 Å². The van der Waals surface area contributed by atoms with Gasteiger partial charge in [0.15, 0.2) is 0 Å². The highest BCUT2D eigenvalue weighted by molar-refractivity contribution is 6.02. The first kappa shape index (κ1) is 14.9. The van der Waals surface area contributed by atoms with Gasteiger partial charge in [-0.3, -0.25) is 9.59 Å². The molecular formula is C17H22N2O3. The molecule has 3 unspecified atom stereocenters. The van der Waals surface area contributed by atoms with E-state index in [0.717, 1.165) is 24.9 Å². The van der Waals surface area contributed by atoms with Crippen LogP contribution in [0.25, 0.3) is 0 Å². The molecule has 0 bridgehead atoms. The van der Waals surface area contributed by atoms with Crippen molar-refractivity contribution in [2.24, 2.45) is 11.8 Å². The lowest BCUT2D eigenvalue weighted by molar-refractivity contribution is -0.151. The van der Waals surface area contributed by atoms with Gasteiger partial charge < -0.3 is 15.4 Å². The number of esters is 1. The average molecular weight is 302 g/mol. The lowest BCUT2D eigenvalue weighted by Gasteiger charge is -2.46. The number of ether oxygens (including phenoxy) is 1. The maximum atomic E-state index is 12.3. The van der Waals surface area contributed by atoms with E-state index in [4.69, 9.17) is 4.74 Å². The van der Waals surface area contributed by atoms with Crippen LogP contribution in [0.1, 0.15) is 43.5 Å². The SMILES string of the molecule is CCOC(=O)C1CCC2(CC1C)NC(=O)c1ccccc1N2. The molecule has 1 aliphatic carbocycles. The van der Waals surface area contributed by atoms with Gasteiger partial charge in [-0.05, 0) is 44.2 Å². The molecule has 22 heavy (non-hydrogen) atoms. The standard InChI is InChI=1S/C17H22N2O3/c1-3-22-16(21)12-8-9-17(10-11(12)2)18-14-7-5-4-6-13(14)15(20)19-17/h4-7,11-12,18H,3,8-10H2,1-2H3,(H,19,20). The summed E-state index contributed by atoms with van der Waals surface area (Å²) in [6.07, 6.45) is 2.16. The smallest absolute Gasteiger partial charge is 0.309 e. The van der Waals surface area contributed by atoms with Crippen LogP contribution in [0.5, 0.6) is 0 Å². The van der Waals surface area contributed by atoms with E-state index < -0.39 is 5.66 Å². The quantitative estimate of drug-likeness (QED) is 0.824. The molecule has 2 aliphatic rings. The minimum absolute atomic E-state index is 0.0452. The first-order valence-corrected chi connectivity index (χ1v) is 7.91. The van der Waals surface area contributed by atoms with Crippen molar-refractivity contribution in [2.75, 3.05) is 11.9 Å². The van der Waals surface area contributed by atoms with Crippen molar-refractivity contribution in [2.45, 2.75) is 38.8 Å². The molecule has 1 aliphatic heterocycles. The largest absolute Gasteiger partial charge is 0.466 e. The van der Waals surface area contributed by atoms with Crippen molar-refractivity contribution >= 4 is 17.6 Å². The molecule has 3 rings (SSSR count). The van der Waals surface area contributed by atoms with Crippen LogP contribution >= 0.6 is 0 Å². The molecule has 0 radical (unpaired) electrons. The van der Waals surface area contributed by atoms with Gasteiger partial charge in [-0.1, -0.05) is 19.1 Å². The summed E-state index contributed by atoms with van der Waals surface area (Å²) in [6.45, 7) is 4.29. The fraction of sp³-hybridized carbons (Fsp3) is 0.529. The number of nitrogens with one attached hydrogen (secondary N) is 2. The van der Waals surface area contributed by atoms with Crippen molar-refractivity contribution < 1.29 is 14.3 Å². The zero-order valence-electron chi connectivity index (χ0n) is 13.0. The molecule has 5 nitrogen and oxygen atoms in total. The minimum Gasteiger partial charge on any atom is -0.466 e. The molecule has 1 heterocycles. The summed E-state index contributed by atoms with van der Waals surface area (Å²) in [7, 11) is 0. The van der Waals surface area contributed by atoms with E-state index >= 15 is 0 Å². The highest BCUT2D eigenvalue weighted by Gasteiger charge is 2.45. The van der Waals surface area contributed by atoms with Gasteiger partial charge in [-0.25, -0.2) is 0 Å². The number of benzene rings is 1. The Balaban J connectivity index is 1.78. The van der Waals surface area contributed by atoms with Gasteiger partial charge in [0.25, 0.3) is 5.91 Å². The van der Waals surface area contributed by atoms with Crippen molar-refractivity contribution in [3.63, 3.8) is 0 Å². The molecule has 1 amide bonds. The summed E-state index contributed by atoms with van der Waals surface area (Å²) in [6, 6.07) is 7.53. The van der Waals surface area contributed by atoms with Crippen molar-refractivity contribution in [1.82, 2.24) is 5.32 Å². The molecule has 3 atom stereocenters. The second-order valence-electron chi connectivity index (χ2n) is 6.29. The number of rotatable bonds is 2. The molecule has 1 saturated carbocycles. The molecular weight excluding hydrogens is 280 g/mol. The Morgan fingerprint density at radius 1 is 1.36 bits per heavy atom. The van der Waals surface area contributed by atoms with Crippen LogP contribution in [0.3, 0.4) is 0 Å². The van der Waals surface area contributed by atoms with E-state index in [1.165, 1.54) is 0 Å². The number of hydrogen-bond donors (Lipinski definition) is 2. The Hall–Kier alpha value is -2.04. The maximum Gasteiger partial charge on any atom is 0.309 e. The minimum atomic E-state index is -0.451. The number of amides is 1. The van der Waals surface area contributed by atoms with Gasteiger partial charge in [0.2, 0.25) is 0 Å². The summed E-state index contributed by atoms with van der Waals surface area (Å²) in [5.41, 5.74) is 1.09. The summed E-state index contributed by atoms with van der Waals surface area (Å²) >= 11 is 0. The van der Waals surface area contributed by atoms with Gasteiger partial charge in [-0.15, -0.1) is 0 Å². The number of carbonyl (C=O) groups is 2. The monoisotopic (exact) mass is 302 g/mol. The Morgan fingerprint density at radius 2 is 2.14 bits per heavy atom. The number of carbonyl (C=O) groups excluding carboxylic acids is 2. The third kappa shape index (κ3) is 2.56. The van der Waals surface area contributed by atoms with E-state index in [1.54, 1.807) is 0 Å². The fourth-order valence-corrected chi connectivity index (χ4v) is 3.67. The zero-order chi connectivity index (χ0) is 15.7. The second kappa shape index (κ2) is 5.63. The second-order valence-corrected chi connectivity index (χ2v) is 6.29. The zero-order valence-corrected chi connectivity index (χ0v) is 13.0. The summed E-state index contributed by atoms with van der Waals surface area (Å²) in [5.74, 6) is -0.0872. The molecule has 1 spiro atoms. The van der Waals surface area contributed by atoms with Crippen LogP contribution in [0, 0.1) is 11.8 Å². The van der Waals surface area contributed by atoms with Crippen LogP contribution in [0.2, 0.25) is 0 Å². The topological polar surface area (TPSA) is 67.4 Å². The first-order chi connectivity index (χ1) is 10.5. The number of para-hydroxylation sites is 1. The van der Waals surface area contributed by atoms with Gasteiger partial charge >= 0.3 is 5.97 Å². The van der Waals surface area contributed by atoms with Gasteiger partial charge in [0, 0.05) is 5.69 Å². The Labute approximate surface area is 130 Å². The Bertz CT molecular complexity index is 601. The molecule has 2 N–H and O–H groups in total. The average Bonchev–Trinajstić information content (AvgIpc) is 2.47. The van der Waals surface area contributed by atoms with E-state index in [9.17, 15) is 9.59 Å². The number of anilines is 1. The molecule has 0 aromatic heterocycles. The summed E-state index contributed by atoms with van der Waals surface area (Å²) in [4.78, 5) is 24.4. The van der Waals surface area contributed by atoms with E-state index in [1.807, 2.05) is 31.2 Å². The highest BCUT2D eigenvalue weighted by Crippen LogP contribution is 2.40. The van der Waals surface area contributed by atoms with Gasteiger partial charge in [-0.2, -0.15) is 0 Å². The summed E-state index contributed by atoms with van der Waals surface area (Å²) in [5, 5.41) is 6.59. The van der Waals surface area contributed by atoms with Crippen LogP contribution in [0.15, 0.2) is 24.3 Å². The number of fused-ring (bicyclic) bond motifs is 1.